The van der Waals surface area contributed by atoms with Crippen LogP contribution in [0.1, 0.15) is 16.7 Å². The number of rotatable bonds is 5. The van der Waals surface area contributed by atoms with Gasteiger partial charge < -0.3 is 24.8 Å². The first-order valence-corrected chi connectivity index (χ1v) is 9.60. The van der Waals surface area contributed by atoms with E-state index in [9.17, 15) is 31.1 Å². The van der Waals surface area contributed by atoms with E-state index in [1.807, 2.05) is 0 Å². The number of carbonyl (C=O) groups excluding carboxylic acids is 1. The Morgan fingerprint density at radius 1 is 1.21 bits per heavy atom. The van der Waals surface area contributed by atoms with Gasteiger partial charge in [0.1, 0.15) is 24.2 Å². The van der Waals surface area contributed by atoms with Gasteiger partial charge in [0, 0.05) is 5.69 Å². The van der Waals surface area contributed by atoms with E-state index in [-0.39, 0.29) is 18.1 Å². The Hall–Kier alpha value is -3.66. The molecule has 2 aromatic rings. The van der Waals surface area contributed by atoms with Crippen LogP contribution in [0.2, 0.25) is 0 Å². The van der Waals surface area contributed by atoms with E-state index >= 15 is 0 Å². The zero-order chi connectivity index (χ0) is 25.3. The smallest absolute Gasteiger partial charge is 0.433 e. The molecule has 1 amide bonds. The van der Waals surface area contributed by atoms with Crippen molar-refractivity contribution < 1.29 is 45.3 Å². The Balaban J connectivity index is 1.79. The maximum absolute atomic E-state index is 13.6. The summed E-state index contributed by atoms with van der Waals surface area (Å²) in [6, 6.07) is 7.92. The monoisotopic (exact) mass is 489 g/mol. The number of carbonyl (C=O) groups is 1. The van der Waals surface area contributed by atoms with Crippen LogP contribution in [0.25, 0.3) is 0 Å². The van der Waals surface area contributed by atoms with Gasteiger partial charge in [-0.05, 0) is 48.9 Å². The van der Waals surface area contributed by atoms with Crippen molar-refractivity contribution in [2.45, 2.75) is 31.6 Å². The van der Waals surface area contributed by atoms with Gasteiger partial charge in [0.05, 0.1) is 23.7 Å². The standard InChI is InChI=1S/C21H17F6N3O4/c1-11-6-14(4-5-17(11)34-19(29)31)32-10-15-9-30(18(33-15)21(25,26)27)13-3-2-12(8-28)16(7-13)20(22,23)24/h2-7,15,18H,9-10H2,1H3,(H2,29,31)/t15-,18-/m0/s1. The molecule has 1 aliphatic rings. The normalized spacial score (nSPS) is 18.5. The average Bonchev–Trinajstić information content (AvgIpc) is 3.17. The second-order valence-corrected chi connectivity index (χ2v) is 7.30. The minimum Gasteiger partial charge on any atom is -0.491 e. The SMILES string of the molecule is Cc1cc(OC[C@@H]2CN(c3ccc(C#N)c(C(F)(F)F)c3)[C@H](C(F)(F)F)O2)ccc1OC(N)=O. The van der Waals surface area contributed by atoms with Gasteiger partial charge in [0.2, 0.25) is 6.23 Å². The number of halogens is 6. The lowest BCUT2D eigenvalue weighted by Crippen LogP contribution is -2.42. The molecule has 7 nitrogen and oxygen atoms in total. The molecule has 0 bridgehead atoms. The Morgan fingerprint density at radius 3 is 2.47 bits per heavy atom. The molecular formula is C21H17F6N3O4. The summed E-state index contributed by atoms with van der Waals surface area (Å²) in [5, 5.41) is 8.90. The Kier molecular flexibility index (Phi) is 6.83. The quantitative estimate of drug-likeness (QED) is 0.621. The van der Waals surface area contributed by atoms with Crippen LogP contribution in [-0.2, 0) is 10.9 Å². The lowest BCUT2D eigenvalue weighted by Gasteiger charge is -2.27. The number of aryl methyl sites for hydroxylation is 1. The number of nitrogens with zero attached hydrogens (tertiary/aromatic N) is 2. The summed E-state index contributed by atoms with van der Waals surface area (Å²) in [4.78, 5) is 11.5. The van der Waals surface area contributed by atoms with E-state index < -0.39 is 54.1 Å². The van der Waals surface area contributed by atoms with Crippen LogP contribution in [0, 0.1) is 18.3 Å². The summed E-state index contributed by atoms with van der Waals surface area (Å²) in [5.74, 6) is 0.402. The molecule has 0 saturated carbocycles. The summed E-state index contributed by atoms with van der Waals surface area (Å²) in [7, 11) is 0. The number of nitrogens with two attached hydrogens (primary N) is 1. The van der Waals surface area contributed by atoms with Gasteiger partial charge in [-0.15, -0.1) is 0 Å². The molecule has 1 saturated heterocycles. The Bertz CT molecular complexity index is 1110. The zero-order valence-electron chi connectivity index (χ0n) is 17.4. The maximum Gasteiger partial charge on any atom is 0.433 e. The van der Waals surface area contributed by atoms with Gasteiger partial charge in [0.15, 0.2) is 0 Å². The third kappa shape index (κ3) is 5.63. The highest BCUT2D eigenvalue weighted by Gasteiger charge is 2.51. The van der Waals surface area contributed by atoms with E-state index in [0.29, 0.717) is 16.5 Å². The second-order valence-electron chi connectivity index (χ2n) is 7.30. The molecule has 34 heavy (non-hydrogen) atoms. The molecule has 2 N–H and O–H groups in total. The molecule has 3 rings (SSSR count). The first kappa shape index (κ1) is 25.0. The van der Waals surface area contributed by atoms with Crippen molar-refractivity contribution >= 4 is 11.8 Å². The number of alkyl halides is 6. The fourth-order valence-corrected chi connectivity index (χ4v) is 3.37. The number of ether oxygens (including phenoxy) is 3. The number of primary amides is 1. The first-order valence-electron chi connectivity index (χ1n) is 9.60. The van der Waals surface area contributed by atoms with Gasteiger partial charge in [-0.1, -0.05) is 0 Å². The molecule has 2 atom stereocenters. The molecule has 0 spiro atoms. The van der Waals surface area contributed by atoms with E-state index in [0.717, 1.165) is 12.1 Å². The highest BCUT2D eigenvalue weighted by Crippen LogP contribution is 2.39. The number of anilines is 1. The third-order valence-corrected chi connectivity index (χ3v) is 4.84. The van der Waals surface area contributed by atoms with E-state index in [2.05, 4.69) is 0 Å². The molecular weight excluding hydrogens is 472 g/mol. The minimum atomic E-state index is -4.93. The van der Waals surface area contributed by atoms with Crippen molar-refractivity contribution in [2.24, 2.45) is 5.73 Å². The van der Waals surface area contributed by atoms with Gasteiger partial charge in [-0.25, -0.2) is 4.79 Å². The fourth-order valence-electron chi connectivity index (χ4n) is 3.37. The summed E-state index contributed by atoms with van der Waals surface area (Å²) in [5.41, 5.74) is 2.96. The van der Waals surface area contributed by atoms with Crippen LogP contribution < -0.4 is 20.1 Å². The molecule has 1 heterocycles. The van der Waals surface area contributed by atoms with Crippen LogP contribution in [0.3, 0.4) is 0 Å². The lowest BCUT2D eigenvalue weighted by atomic mass is 10.1. The number of hydrogen-bond acceptors (Lipinski definition) is 6. The molecule has 0 unspecified atom stereocenters. The number of hydrogen-bond donors (Lipinski definition) is 1. The predicted octanol–water partition coefficient (Wildman–Crippen LogP) is 4.52. The molecule has 0 radical (unpaired) electrons. The van der Waals surface area contributed by atoms with Gasteiger partial charge in [-0.3, -0.25) is 0 Å². The van der Waals surface area contributed by atoms with Crippen LogP contribution >= 0.6 is 0 Å². The Morgan fingerprint density at radius 2 is 1.91 bits per heavy atom. The molecule has 2 aromatic carbocycles. The van der Waals surface area contributed by atoms with Crippen molar-refractivity contribution in [3.63, 3.8) is 0 Å². The van der Waals surface area contributed by atoms with Gasteiger partial charge >= 0.3 is 18.4 Å². The maximum atomic E-state index is 13.6. The number of amides is 1. The fraction of sp³-hybridized carbons (Fsp3) is 0.333. The number of nitriles is 1. The zero-order valence-corrected chi connectivity index (χ0v) is 17.4. The first-order chi connectivity index (χ1) is 15.8. The van der Waals surface area contributed by atoms with Gasteiger partial charge in [-0.2, -0.15) is 31.6 Å². The average molecular weight is 489 g/mol. The predicted molar refractivity (Wildman–Crippen MR) is 105 cm³/mol. The van der Waals surface area contributed by atoms with Crippen molar-refractivity contribution in [1.82, 2.24) is 0 Å². The van der Waals surface area contributed by atoms with Crippen molar-refractivity contribution in [3.8, 4) is 17.6 Å². The van der Waals surface area contributed by atoms with Crippen LogP contribution in [0.5, 0.6) is 11.5 Å². The summed E-state index contributed by atoms with van der Waals surface area (Å²) >= 11 is 0. The largest absolute Gasteiger partial charge is 0.491 e. The van der Waals surface area contributed by atoms with Crippen LogP contribution in [0.15, 0.2) is 36.4 Å². The minimum absolute atomic E-state index is 0.168. The lowest BCUT2D eigenvalue weighted by molar-refractivity contribution is -0.215. The Labute approximate surface area is 189 Å². The van der Waals surface area contributed by atoms with E-state index in [1.54, 1.807) is 6.92 Å². The summed E-state index contributed by atoms with van der Waals surface area (Å²) in [6.07, 6.45) is -14.5. The van der Waals surface area contributed by atoms with Crippen molar-refractivity contribution in [2.75, 3.05) is 18.1 Å². The summed E-state index contributed by atoms with van der Waals surface area (Å²) < 4.78 is 95.9. The van der Waals surface area contributed by atoms with E-state index in [1.165, 1.54) is 24.3 Å². The number of benzene rings is 2. The van der Waals surface area contributed by atoms with E-state index in [4.69, 9.17) is 25.2 Å². The molecule has 1 fully saturated rings. The van der Waals surface area contributed by atoms with Crippen LogP contribution in [0.4, 0.5) is 36.8 Å². The highest BCUT2D eigenvalue weighted by atomic mass is 19.4. The molecule has 0 aromatic heterocycles. The molecule has 1 aliphatic heterocycles. The third-order valence-electron chi connectivity index (χ3n) is 4.84. The highest BCUT2D eigenvalue weighted by molar-refractivity contribution is 5.68. The van der Waals surface area contributed by atoms with Crippen LogP contribution in [-0.4, -0.2) is 37.8 Å². The van der Waals surface area contributed by atoms with Gasteiger partial charge in [0.25, 0.3) is 0 Å². The molecule has 0 aliphatic carbocycles. The van der Waals surface area contributed by atoms with Crippen molar-refractivity contribution in [1.29, 1.82) is 5.26 Å². The molecule has 182 valence electrons. The van der Waals surface area contributed by atoms with Crippen molar-refractivity contribution in [3.05, 3.63) is 53.1 Å². The second kappa shape index (κ2) is 9.30. The topological polar surface area (TPSA) is 97.8 Å². The summed E-state index contributed by atoms with van der Waals surface area (Å²) in [6.45, 7) is 0.817. The molecule has 13 heteroatoms.